The number of ether oxygens (including phenoxy) is 1. The average Bonchev–Trinajstić information content (AvgIpc) is 2.99. The second-order valence-electron chi connectivity index (χ2n) is 5.98. The van der Waals surface area contributed by atoms with E-state index in [2.05, 4.69) is 5.32 Å². The minimum absolute atomic E-state index is 0.137. The lowest BCUT2D eigenvalue weighted by molar-refractivity contribution is -0.114. The first-order valence-electron chi connectivity index (χ1n) is 8.22. The number of aromatic nitrogens is 1. The van der Waals surface area contributed by atoms with E-state index in [4.69, 9.17) is 22.1 Å². The number of hydrogen-bond donors (Lipinski definition) is 2. The lowest BCUT2D eigenvalue weighted by Crippen LogP contribution is -2.11. The number of amides is 1. The number of fused-ring (bicyclic) bond motifs is 1. The molecule has 0 atom stereocenters. The number of alkyl halides is 2. The van der Waals surface area contributed by atoms with E-state index < -0.39 is 6.43 Å². The monoisotopic (exact) mass is 393 g/mol. The Hall–Kier alpha value is -2.80. The molecule has 1 amide bonds. The van der Waals surface area contributed by atoms with Crippen molar-refractivity contribution in [2.24, 2.45) is 0 Å². The van der Waals surface area contributed by atoms with E-state index in [1.807, 2.05) is 0 Å². The van der Waals surface area contributed by atoms with Crippen molar-refractivity contribution in [2.75, 3.05) is 17.7 Å². The van der Waals surface area contributed by atoms with Gasteiger partial charge in [0.15, 0.2) is 0 Å². The second kappa shape index (κ2) is 7.84. The minimum atomic E-state index is -2.65. The number of benzene rings is 2. The maximum absolute atomic E-state index is 13.4. The number of hydrogen-bond acceptors (Lipinski definition) is 3. The van der Waals surface area contributed by atoms with Gasteiger partial charge in [0.1, 0.15) is 12.4 Å². The number of nitrogen functional groups attached to an aromatic ring is 1. The topological polar surface area (TPSA) is 69.3 Å². The number of rotatable bonds is 6. The minimum Gasteiger partial charge on any atom is -0.492 e. The fourth-order valence-electron chi connectivity index (χ4n) is 2.86. The van der Waals surface area contributed by atoms with Crippen LogP contribution in [0.4, 0.5) is 20.2 Å². The summed E-state index contributed by atoms with van der Waals surface area (Å²) in [5.41, 5.74) is 7.20. The average molecular weight is 394 g/mol. The fraction of sp³-hybridized carbons (Fsp3) is 0.211. The molecule has 0 radical (unpaired) electrons. The molecule has 0 aliphatic rings. The normalized spacial score (nSPS) is 11.1. The SMILES string of the molecule is CC(=O)Nc1ccc(OCCn2c(C(F)F)cc3c(Cl)c(N)ccc32)cc1. The number of carbonyl (C=O) groups is 1. The lowest BCUT2D eigenvalue weighted by atomic mass is 10.2. The number of nitrogens with one attached hydrogen (secondary N) is 1. The van der Waals surface area contributed by atoms with Crippen LogP contribution in [0.15, 0.2) is 42.5 Å². The highest BCUT2D eigenvalue weighted by Crippen LogP contribution is 2.34. The van der Waals surface area contributed by atoms with Crippen LogP contribution >= 0.6 is 11.6 Å². The van der Waals surface area contributed by atoms with E-state index in [0.29, 0.717) is 28.0 Å². The van der Waals surface area contributed by atoms with Crippen molar-refractivity contribution in [3.63, 3.8) is 0 Å². The summed E-state index contributed by atoms with van der Waals surface area (Å²) in [7, 11) is 0. The number of anilines is 2. The third kappa shape index (κ3) is 4.14. The van der Waals surface area contributed by atoms with Crippen molar-refractivity contribution in [2.45, 2.75) is 19.9 Å². The standard InChI is InChI=1S/C19H18ClF2N3O2/c1-11(26)24-12-2-4-13(5-3-12)27-9-8-25-16-7-6-15(23)18(20)14(16)10-17(25)19(21)22/h2-7,10,19H,8-9,23H2,1H3,(H,24,26). The Morgan fingerprint density at radius 1 is 1.26 bits per heavy atom. The van der Waals surface area contributed by atoms with Crippen LogP contribution in [0.2, 0.25) is 5.02 Å². The second-order valence-corrected chi connectivity index (χ2v) is 6.36. The molecule has 1 aromatic heterocycles. The molecule has 27 heavy (non-hydrogen) atoms. The van der Waals surface area contributed by atoms with Gasteiger partial charge in [0.25, 0.3) is 6.43 Å². The first-order valence-corrected chi connectivity index (χ1v) is 8.60. The fourth-order valence-corrected chi connectivity index (χ4v) is 3.07. The van der Waals surface area contributed by atoms with Gasteiger partial charge in [0.2, 0.25) is 5.91 Å². The quantitative estimate of drug-likeness (QED) is 0.588. The van der Waals surface area contributed by atoms with Crippen molar-refractivity contribution in [3.8, 4) is 5.75 Å². The third-order valence-corrected chi connectivity index (χ3v) is 4.49. The highest BCUT2D eigenvalue weighted by Gasteiger charge is 2.19. The number of carbonyl (C=O) groups excluding carboxylic acids is 1. The molecule has 142 valence electrons. The highest BCUT2D eigenvalue weighted by atomic mass is 35.5. The van der Waals surface area contributed by atoms with E-state index in [1.54, 1.807) is 36.4 Å². The predicted octanol–water partition coefficient (Wildman–Crippen LogP) is 4.85. The predicted molar refractivity (Wildman–Crippen MR) is 103 cm³/mol. The lowest BCUT2D eigenvalue weighted by Gasteiger charge is -2.12. The van der Waals surface area contributed by atoms with E-state index in [9.17, 15) is 13.6 Å². The van der Waals surface area contributed by atoms with Gasteiger partial charge >= 0.3 is 0 Å². The Balaban J connectivity index is 1.75. The highest BCUT2D eigenvalue weighted by molar-refractivity contribution is 6.38. The van der Waals surface area contributed by atoms with Gasteiger partial charge in [-0.15, -0.1) is 0 Å². The van der Waals surface area contributed by atoms with Gasteiger partial charge in [-0.05, 0) is 42.5 Å². The van der Waals surface area contributed by atoms with E-state index in [1.165, 1.54) is 17.6 Å². The summed E-state index contributed by atoms with van der Waals surface area (Å²) in [5, 5.41) is 3.41. The van der Waals surface area contributed by atoms with Crippen LogP contribution in [0.25, 0.3) is 10.9 Å². The number of nitrogens with zero attached hydrogens (tertiary/aromatic N) is 1. The van der Waals surface area contributed by atoms with Crippen LogP contribution in [0, 0.1) is 0 Å². The van der Waals surface area contributed by atoms with Crippen LogP contribution in [0.5, 0.6) is 5.75 Å². The zero-order chi connectivity index (χ0) is 19.6. The summed E-state index contributed by atoms with van der Waals surface area (Å²) in [6.07, 6.45) is -2.65. The molecule has 8 heteroatoms. The van der Waals surface area contributed by atoms with Gasteiger partial charge in [-0.2, -0.15) is 0 Å². The summed E-state index contributed by atoms with van der Waals surface area (Å²) in [5.74, 6) is 0.406. The first kappa shape index (κ1) is 19.0. The molecule has 0 spiro atoms. The summed E-state index contributed by atoms with van der Waals surface area (Å²) < 4.78 is 34.0. The smallest absolute Gasteiger partial charge is 0.278 e. The van der Waals surface area contributed by atoms with Crippen LogP contribution in [-0.4, -0.2) is 17.1 Å². The Bertz CT molecular complexity index is 971. The van der Waals surface area contributed by atoms with Crippen molar-refractivity contribution >= 4 is 39.8 Å². The first-order chi connectivity index (χ1) is 12.9. The van der Waals surface area contributed by atoms with Crippen molar-refractivity contribution in [1.29, 1.82) is 0 Å². The van der Waals surface area contributed by atoms with Crippen molar-refractivity contribution < 1.29 is 18.3 Å². The van der Waals surface area contributed by atoms with Crippen molar-refractivity contribution in [1.82, 2.24) is 4.57 Å². The zero-order valence-electron chi connectivity index (χ0n) is 14.5. The van der Waals surface area contributed by atoms with Gasteiger partial charge in [-0.25, -0.2) is 8.78 Å². The van der Waals surface area contributed by atoms with Crippen LogP contribution in [0.1, 0.15) is 19.0 Å². The molecule has 5 nitrogen and oxygen atoms in total. The summed E-state index contributed by atoms with van der Waals surface area (Å²) in [6.45, 7) is 1.83. The van der Waals surface area contributed by atoms with Crippen LogP contribution in [-0.2, 0) is 11.3 Å². The molecule has 0 saturated heterocycles. The van der Waals surface area contributed by atoms with Crippen LogP contribution in [0.3, 0.4) is 0 Å². The van der Waals surface area contributed by atoms with Crippen molar-refractivity contribution in [3.05, 3.63) is 53.2 Å². The molecule has 3 rings (SSSR count). The molecule has 3 aromatic rings. The molecule has 0 unspecified atom stereocenters. The molecule has 3 N–H and O–H groups in total. The molecule has 2 aromatic carbocycles. The number of halogens is 3. The summed E-state index contributed by atoms with van der Waals surface area (Å²) in [6, 6.07) is 11.4. The van der Waals surface area contributed by atoms with Gasteiger partial charge < -0.3 is 20.4 Å². The molecular formula is C19H18ClF2N3O2. The van der Waals surface area contributed by atoms with Gasteiger partial charge in [0, 0.05) is 18.0 Å². The molecular weight excluding hydrogens is 376 g/mol. The van der Waals surface area contributed by atoms with Gasteiger partial charge in [-0.1, -0.05) is 11.6 Å². The molecule has 0 saturated carbocycles. The van der Waals surface area contributed by atoms with E-state index >= 15 is 0 Å². The maximum atomic E-state index is 13.4. The van der Waals surface area contributed by atoms with Crippen LogP contribution < -0.4 is 15.8 Å². The Morgan fingerprint density at radius 3 is 2.59 bits per heavy atom. The molecule has 0 aliphatic heterocycles. The Kier molecular flexibility index (Phi) is 5.51. The third-order valence-electron chi connectivity index (χ3n) is 4.06. The zero-order valence-corrected chi connectivity index (χ0v) is 15.3. The maximum Gasteiger partial charge on any atom is 0.278 e. The summed E-state index contributed by atoms with van der Waals surface area (Å²) in [4.78, 5) is 11.0. The Labute approximate surface area is 159 Å². The Morgan fingerprint density at radius 2 is 1.96 bits per heavy atom. The molecule has 0 bridgehead atoms. The molecule has 1 heterocycles. The number of nitrogens with two attached hydrogens (primary N) is 1. The molecule has 0 fully saturated rings. The van der Waals surface area contributed by atoms with Gasteiger partial charge in [-0.3, -0.25) is 4.79 Å². The van der Waals surface area contributed by atoms with E-state index in [-0.39, 0.29) is 29.8 Å². The largest absolute Gasteiger partial charge is 0.492 e. The van der Waals surface area contributed by atoms with E-state index in [0.717, 1.165) is 0 Å². The summed E-state index contributed by atoms with van der Waals surface area (Å²) >= 11 is 6.15. The molecule has 0 aliphatic carbocycles. The van der Waals surface area contributed by atoms with Gasteiger partial charge in [0.05, 0.1) is 28.5 Å².